The third kappa shape index (κ3) is 1.72. The van der Waals surface area contributed by atoms with Gasteiger partial charge in [-0.05, 0) is 19.4 Å². The van der Waals surface area contributed by atoms with Crippen LogP contribution in [-0.2, 0) is 0 Å². The molecule has 0 aromatic carbocycles. The molecule has 12 heavy (non-hydrogen) atoms. The lowest BCUT2D eigenvalue weighted by molar-refractivity contribution is 0.183. The lowest BCUT2D eigenvalue weighted by Gasteiger charge is -2.37. The smallest absolute Gasteiger partial charge is 0.0627 e. The van der Waals surface area contributed by atoms with Crippen LogP contribution in [0, 0.1) is 5.92 Å². The molecule has 0 amide bonds. The second kappa shape index (κ2) is 4.10. The van der Waals surface area contributed by atoms with E-state index in [1.165, 1.54) is 19.4 Å². The van der Waals surface area contributed by atoms with Crippen molar-refractivity contribution in [2.24, 2.45) is 11.1 Å². The summed E-state index contributed by atoms with van der Waals surface area (Å²) in [6.45, 7) is 3.46. The molecule has 4 heteroatoms. The first-order valence-corrected chi connectivity index (χ1v) is 4.33. The molecule has 0 aliphatic carbocycles. The molecule has 2 unspecified atom stereocenters. The predicted molar refractivity (Wildman–Crippen MR) is 50.3 cm³/mol. The van der Waals surface area contributed by atoms with Crippen LogP contribution in [0.3, 0.4) is 0 Å². The minimum absolute atomic E-state index is 0. The average molecular weight is 191 g/mol. The summed E-state index contributed by atoms with van der Waals surface area (Å²) in [5.41, 5.74) is 1.03. The first-order valence-electron chi connectivity index (χ1n) is 4.33. The van der Waals surface area contributed by atoms with E-state index in [1.54, 1.807) is 0 Å². The van der Waals surface area contributed by atoms with Crippen molar-refractivity contribution in [3.63, 3.8) is 0 Å². The third-order valence-corrected chi connectivity index (χ3v) is 2.79. The molecule has 2 bridgehead atoms. The second-order valence-electron chi connectivity index (χ2n) is 3.48. The molecule has 2 rings (SSSR count). The van der Waals surface area contributed by atoms with Crippen LogP contribution in [0.2, 0.25) is 0 Å². The van der Waals surface area contributed by atoms with Crippen molar-refractivity contribution < 1.29 is 5.21 Å². The number of fused-ring (bicyclic) bond motifs is 2. The number of rotatable bonds is 0. The summed E-state index contributed by atoms with van der Waals surface area (Å²) in [7, 11) is 0. The molecule has 2 saturated heterocycles. The first kappa shape index (κ1) is 9.81. The van der Waals surface area contributed by atoms with Gasteiger partial charge in [0.25, 0.3) is 0 Å². The fourth-order valence-corrected chi connectivity index (χ4v) is 2.14. The molecule has 0 spiro atoms. The molecule has 2 atom stereocenters. The van der Waals surface area contributed by atoms with Crippen molar-refractivity contribution in [2.75, 3.05) is 19.6 Å². The Balaban J connectivity index is 0.000000720. The summed E-state index contributed by atoms with van der Waals surface area (Å²) in [6, 6.07) is 0. The van der Waals surface area contributed by atoms with Crippen LogP contribution in [0.5, 0.6) is 0 Å². The number of nitrogens with zero attached hydrogens (tertiary/aromatic N) is 2. The zero-order valence-corrected chi connectivity index (χ0v) is 7.89. The highest BCUT2D eigenvalue weighted by Crippen LogP contribution is 2.23. The third-order valence-electron chi connectivity index (χ3n) is 2.79. The minimum Gasteiger partial charge on any atom is -0.411 e. The average Bonchev–Trinajstić information content (AvgIpc) is 2.06. The van der Waals surface area contributed by atoms with E-state index in [-0.39, 0.29) is 12.4 Å². The normalized spacial score (nSPS) is 37.5. The van der Waals surface area contributed by atoms with E-state index in [4.69, 9.17) is 5.21 Å². The first-order chi connectivity index (χ1) is 5.40. The molecular weight excluding hydrogens is 176 g/mol. The van der Waals surface area contributed by atoms with Crippen LogP contribution in [0.15, 0.2) is 5.16 Å². The van der Waals surface area contributed by atoms with E-state index >= 15 is 0 Å². The molecule has 0 aromatic heterocycles. The Hall–Kier alpha value is -0.280. The number of oxime groups is 1. The van der Waals surface area contributed by atoms with Crippen LogP contribution in [0.25, 0.3) is 0 Å². The fraction of sp³-hybridized carbons (Fsp3) is 0.875. The number of hydrogen-bond donors (Lipinski definition) is 1. The SMILES string of the molecule is Cl.O/N=C1/CCN2CCCC1C2. The van der Waals surface area contributed by atoms with Gasteiger partial charge in [-0.2, -0.15) is 0 Å². The van der Waals surface area contributed by atoms with Gasteiger partial charge in [0.05, 0.1) is 5.71 Å². The standard InChI is InChI=1S/C8H14N2O.ClH/c11-9-8-3-5-10-4-1-2-7(8)6-10;/h7,11H,1-6H2;1H/b9-8-;. The van der Waals surface area contributed by atoms with Gasteiger partial charge < -0.3 is 10.1 Å². The molecule has 2 aliphatic heterocycles. The molecule has 0 aromatic rings. The molecule has 0 radical (unpaired) electrons. The van der Waals surface area contributed by atoms with Crippen molar-refractivity contribution in [1.29, 1.82) is 0 Å². The highest BCUT2D eigenvalue weighted by Gasteiger charge is 2.28. The Morgan fingerprint density at radius 3 is 3.00 bits per heavy atom. The Kier molecular flexibility index (Phi) is 3.35. The highest BCUT2D eigenvalue weighted by atomic mass is 35.5. The molecule has 2 aliphatic rings. The number of hydrogen-bond acceptors (Lipinski definition) is 3. The van der Waals surface area contributed by atoms with E-state index in [1.807, 2.05) is 0 Å². The van der Waals surface area contributed by atoms with Crippen molar-refractivity contribution >= 4 is 18.1 Å². The van der Waals surface area contributed by atoms with E-state index < -0.39 is 0 Å². The van der Waals surface area contributed by atoms with Crippen LogP contribution < -0.4 is 0 Å². The minimum atomic E-state index is 0. The van der Waals surface area contributed by atoms with Gasteiger partial charge in [-0.15, -0.1) is 12.4 Å². The summed E-state index contributed by atoms with van der Waals surface area (Å²) in [5.74, 6) is 0.558. The van der Waals surface area contributed by atoms with Crippen LogP contribution in [-0.4, -0.2) is 35.5 Å². The van der Waals surface area contributed by atoms with Gasteiger partial charge in [0.2, 0.25) is 0 Å². The maximum Gasteiger partial charge on any atom is 0.0627 e. The molecule has 3 nitrogen and oxygen atoms in total. The molecule has 2 heterocycles. The van der Waals surface area contributed by atoms with Gasteiger partial charge in [-0.25, -0.2) is 0 Å². The lowest BCUT2D eigenvalue weighted by Crippen LogP contribution is -2.44. The van der Waals surface area contributed by atoms with Crippen LogP contribution in [0.4, 0.5) is 0 Å². The Morgan fingerprint density at radius 2 is 2.25 bits per heavy atom. The van der Waals surface area contributed by atoms with Crippen LogP contribution in [0.1, 0.15) is 19.3 Å². The monoisotopic (exact) mass is 190 g/mol. The maximum atomic E-state index is 8.67. The second-order valence-corrected chi connectivity index (χ2v) is 3.48. The zero-order chi connectivity index (χ0) is 7.68. The van der Waals surface area contributed by atoms with Gasteiger partial charge >= 0.3 is 0 Å². The summed E-state index contributed by atoms with van der Waals surface area (Å²) in [6.07, 6.45) is 3.46. The van der Waals surface area contributed by atoms with Crippen molar-refractivity contribution in [1.82, 2.24) is 4.90 Å². The van der Waals surface area contributed by atoms with Crippen molar-refractivity contribution in [3.05, 3.63) is 0 Å². The Labute approximate surface area is 78.8 Å². The molecule has 70 valence electrons. The number of halogens is 1. The Bertz CT molecular complexity index is 184. The largest absolute Gasteiger partial charge is 0.411 e. The fourth-order valence-electron chi connectivity index (χ4n) is 2.14. The summed E-state index contributed by atoms with van der Waals surface area (Å²) in [5, 5.41) is 12.0. The molecular formula is C8H15ClN2O. The summed E-state index contributed by atoms with van der Waals surface area (Å²) < 4.78 is 0. The summed E-state index contributed by atoms with van der Waals surface area (Å²) in [4.78, 5) is 2.46. The molecule has 0 saturated carbocycles. The van der Waals surface area contributed by atoms with E-state index in [0.29, 0.717) is 5.92 Å². The quantitative estimate of drug-likeness (QED) is 0.463. The van der Waals surface area contributed by atoms with E-state index in [2.05, 4.69) is 10.1 Å². The lowest BCUT2D eigenvalue weighted by atomic mass is 9.88. The van der Waals surface area contributed by atoms with Gasteiger partial charge in [0.1, 0.15) is 0 Å². The molecule has 1 N–H and O–H groups in total. The van der Waals surface area contributed by atoms with Gasteiger partial charge in [-0.1, -0.05) is 5.16 Å². The van der Waals surface area contributed by atoms with Gasteiger partial charge in [0.15, 0.2) is 0 Å². The van der Waals surface area contributed by atoms with Gasteiger partial charge in [-0.3, -0.25) is 0 Å². The van der Waals surface area contributed by atoms with Gasteiger partial charge in [0, 0.05) is 25.4 Å². The van der Waals surface area contributed by atoms with E-state index in [9.17, 15) is 0 Å². The Morgan fingerprint density at radius 1 is 1.42 bits per heavy atom. The molecule has 2 fully saturated rings. The number of piperidine rings is 2. The topological polar surface area (TPSA) is 35.8 Å². The zero-order valence-electron chi connectivity index (χ0n) is 7.07. The van der Waals surface area contributed by atoms with Crippen LogP contribution >= 0.6 is 12.4 Å². The highest BCUT2D eigenvalue weighted by molar-refractivity contribution is 5.87. The van der Waals surface area contributed by atoms with Crippen molar-refractivity contribution in [3.8, 4) is 0 Å². The van der Waals surface area contributed by atoms with Crippen molar-refractivity contribution in [2.45, 2.75) is 19.3 Å². The predicted octanol–water partition coefficient (Wildman–Crippen LogP) is 1.35. The summed E-state index contributed by atoms with van der Waals surface area (Å²) >= 11 is 0. The van der Waals surface area contributed by atoms with E-state index in [0.717, 1.165) is 25.2 Å². The maximum absolute atomic E-state index is 8.67.